The minimum atomic E-state index is 0.599. The Balaban J connectivity index is 1.13. The van der Waals surface area contributed by atoms with Crippen LogP contribution >= 0.6 is 0 Å². The van der Waals surface area contributed by atoms with Crippen LogP contribution in [0, 0.1) is 22.7 Å². The lowest BCUT2D eigenvalue weighted by atomic mass is 10.0. The molecule has 11 rings (SSSR count). The van der Waals surface area contributed by atoms with E-state index in [0.717, 1.165) is 82.8 Å². The van der Waals surface area contributed by atoms with E-state index in [-0.39, 0.29) is 0 Å². The van der Waals surface area contributed by atoms with Gasteiger partial charge in [-0.1, -0.05) is 97.1 Å². The van der Waals surface area contributed by atoms with Crippen molar-refractivity contribution in [2.45, 2.75) is 0 Å². The maximum atomic E-state index is 10.2. The molecular weight excluding hydrogens is 671 g/mol. The number of para-hydroxylation sites is 4. The van der Waals surface area contributed by atoms with E-state index in [0.29, 0.717) is 11.1 Å². The number of hydrogen-bond donors (Lipinski definition) is 0. The van der Waals surface area contributed by atoms with Crippen LogP contribution in [0.3, 0.4) is 0 Å². The van der Waals surface area contributed by atoms with E-state index < -0.39 is 0 Å². The summed E-state index contributed by atoms with van der Waals surface area (Å²) in [6, 6.07) is 66.0. The first-order chi connectivity index (χ1) is 27.2. The van der Waals surface area contributed by atoms with Gasteiger partial charge in [0.15, 0.2) is 0 Å². The molecule has 5 heteroatoms. The molecule has 3 aromatic heterocycles. The zero-order valence-corrected chi connectivity index (χ0v) is 29.5. The smallest absolute Gasteiger partial charge is 0.0992 e. The number of fused-ring (bicyclic) bond motifs is 9. The van der Waals surface area contributed by atoms with Gasteiger partial charge in [-0.05, 0) is 84.4 Å². The van der Waals surface area contributed by atoms with Gasteiger partial charge in [-0.25, -0.2) is 0 Å². The third-order valence-electron chi connectivity index (χ3n) is 11.1. The summed E-state index contributed by atoms with van der Waals surface area (Å²) in [4.78, 5) is 0. The van der Waals surface area contributed by atoms with E-state index >= 15 is 0 Å². The molecule has 0 aliphatic carbocycles. The highest BCUT2D eigenvalue weighted by molar-refractivity contribution is 6.13. The fourth-order valence-corrected chi connectivity index (χ4v) is 8.70. The van der Waals surface area contributed by atoms with Crippen molar-refractivity contribution in [3.8, 4) is 40.3 Å². The molecule has 0 spiro atoms. The number of nitrogens with zero attached hydrogens (tertiary/aromatic N) is 5. The summed E-state index contributed by atoms with van der Waals surface area (Å²) in [6.07, 6.45) is 0. The Morgan fingerprint density at radius 3 is 1.38 bits per heavy atom. The molecule has 0 amide bonds. The van der Waals surface area contributed by atoms with E-state index in [1.54, 1.807) is 0 Å². The molecule has 0 saturated heterocycles. The second-order valence-corrected chi connectivity index (χ2v) is 14.0. The van der Waals surface area contributed by atoms with Crippen LogP contribution in [-0.2, 0) is 0 Å². The normalized spacial score (nSPS) is 11.6. The lowest BCUT2D eigenvalue weighted by Gasteiger charge is -2.16. The van der Waals surface area contributed by atoms with Crippen molar-refractivity contribution in [3.05, 3.63) is 187 Å². The summed E-state index contributed by atoms with van der Waals surface area (Å²) in [6.45, 7) is 0. The van der Waals surface area contributed by atoms with Gasteiger partial charge in [0, 0.05) is 49.3 Å². The Bertz CT molecular complexity index is 3400. The molecule has 11 aromatic rings. The Morgan fingerprint density at radius 1 is 0.327 bits per heavy atom. The van der Waals surface area contributed by atoms with Crippen molar-refractivity contribution in [2.24, 2.45) is 0 Å². The zero-order chi connectivity index (χ0) is 36.6. The molecule has 55 heavy (non-hydrogen) atoms. The number of benzene rings is 8. The molecule has 8 aromatic carbocycles. The Kier molecular flexibility index (Phi) is 6.61. The summed E-state index contributed by atoms with van der Waals surface area (Å²) >= 11 is 0. The van der Waals surface area contributed by atoms with Gasteiger partial charge in [0.05, 0.1) is 62.1 Å². The van der Waals surface area contributed by atoms with Gasteiger partial charge in [-0.15, -0.1) is 0 Å². The maximum Gasteiger partial charge on any atom is 0.0992 e. The highest BCUT2D eigenvalue weighted by atomic mass is 15.0. The molecule has 0 bridgehead atoms. The SMILES string of the molecule is N#Cc1ccc(-c2ccc(-n3c4ccccc4c4cc(C#N)ccc43)cc2)c(-n2c3ccccc3c3ccc(-n4c5ccccc5c5ccccc54)cc32)c1. The van der Waals surface area contributed by atoms with E-state index in [1.807, 2.05) is 36.4 Å². The number of aromatic nitrogens is 3. The summed E-state index contributed by atoms with van der Waals surface area (Å²) in [5.41, 5.74) is 13.0. The molecule has 0 N–H and O–H groups in total. The van der Waals surface area contributed by atoms with Crippen molar-refractivity contribution < 1.29 is 0 Å². The van der Waals surface area contributed by atoms with Crippen LogP contribution in [-0.4, -0.2) is 13.7 Å². The molecule has 0 saturated carbocycles. The Hall–Kier alpha value is -7.86. The van der Waals surface area contributed by atoms with Crippen LogP contribution in [0.5, 0.6) is 0 Å². The minimum Gasteiger partial charge on any atom is -0.309 e. The molecule has 0 atom stereocenters. The molecular formula is C50H29N5. The summed E-state index contributed by atoms with van der Waals surface area (Å²) < 4.78 is 6.94. The van der Waals surface area contributed by atoms with Crippen molar-refractivity contribution >= 4 is 65.4 Å². The van der Waals surface area contributed by atoms with Crippen LogP contribution in [0.25, 0.3) is 93.6 Å². The molecule has 0 aliphatic rings. The highest BCUT2D eigenvalue weighted by Crippen LogP contribution is 2.40. The van der Waals surface area contributed by atoms with Gasteiger partial charge in [-0.2, -0.15) is 10.5 Å². The van der Waals surface area contributed by atoms with Crippen molar-refractivity contribution in [1.82, 2.24) is 13.7 Å². The van der Waals surface area contributed by atoms with Crippen molar-refractivity contribution in [1.29, 1.82) is 10.5 Å². The predicted molar refractivity (Wildman–Crippen MR) is 224 cm³/mol. The van der Waals surface area contributed by atoms with E-state index in [9.17, 15) is 10.5 Å². The summed E-state index contributed by atoms with van der Waals surface area (Å²) in [5, 5.41) is 26.7. The lowest BCUT2D eigenvalue weighted by molar-refractivity contribution is 1.15. The van der Waals surface area contributed by atoms with Crippen LogP contribution in [0.2, 0.25) is 0 Å². The molecule has 3 heterocycles. The standard InChI is InChI=1S/C50H29N5/c51-30-32-18-26-48-43(27-32)41-12-4-7-15-46(41)53(48)35-21-19-34(20-22-35)37-24-17-33(31-52)28-49(37)55-47-16-8-3-11-40(47)42-25-23-36(29-50(42)55)54-44-13-5-1-9-38(44)39-10-2-6-14-45(39)54/h1-29H. The molecule has 5 nitrogen and oxygen atoms in total. The van der Waals surface area contributed by atoms with Crippen LogP contribution in [0.4, 0.5) is 0 Å². The predicted octanol–water partition coefficient (Wildman–Crippen LogP) is 12.4. The van der Waals surface area contributed by atoms with E-state index in [4.69, 9.17) is 0 Å². The van der Waals surface area contributed by atoms with E-state index in [1.165, 1.54) is 10.8 Å². The van der Waals surface area contributed by atoms with E-state index in [2.05, 4.69) is 165 Å². The number of rotatable bonds is 4. The molecule has 0 aliphatic heterocycles. The summed E-state index contributed by atoms with van der Waals surface area (Å²) in [7, 11) is 0. The topological polar surface area (TPSA) is 62.4 Å². The molecule has 0 unspecified atom stereocenters. The molecule has 0 radical (unpaired) electrons. The van der Waals surface area contributed by atoms with Crippen molar-refractivity contribution in [2.75, 3.05) is 0 Å². The number of hydrogen-bond acceptors (Lipinski definition) is 2. The molecule has 0 fully saturated rings. The van der Waals surface area contributed by atoms with Crippen LogP contribution in [0.15, 0.2) is 176 Å². The first kappa shape index (κ1) is 30.7. The zero-order valence-electron chi connectivity index (χ0n) is 29.5. The van der Waals surface area contributed by atoms with Crippen molar-refractivity contribution in [3.63, 3.8) is 0 Å². The number of nitriles is 2. The highest BCUT2D eigenvalue weighted by Gasteiger charge is 2.19. The molecule has 254 valence electrons. The fourth-order valence-electron chi connectivity index (χ4n) is 8.70. The average Bonchev–Trinajstić information content (AvgIpc) is 3.88. The third kappa shape index (κ3) is 4.51. The van der Waals surface area contributed by atoms with Gasteiger partial charge in [0.2, 0.25) is 0 Å². The monoisotopic (exact) mass is 699 g/mol. The van der Waals surface area contributed by atoms with Gasteiger partial charge < -0.3 is 13.7 Å². The quantitative estimate of drug-likeness (QED) is 0.184. The third-order valence-corrected chi connectivity index (χ3v) is 11.1. The summed E-state index contributed by atoms with van der Waals surface area (Å²) in [5.74, 6) is 0. The van der Waals surface area contributed by atoms with Gasteiger partial charge in [0.1, 0.15) is 0 Å². The second kappa shape index (κ2) is 11.8. The van der Waals surface area contributed by atoms with Gasteiger partial charge in [-0.3, -0.25) is 0 Å². The maximum absolute atomic E-state index is 10.2. The van der Waals surface area contributed by atoms with Crippen LogP contribution < -0.4 is 0 Å². The van der Waals surface area contributed by atoms with Gasteiger partial charge in [0.25, 0.3) is 0 Å². The second-order valence-electron chi connectivity index (χ2n) is 14.0. The largest absolute Gasteiger partial charge is 0.309 e. The average molecular weight is 700 g/mol. The van der Waals surface area contributed by atoms with Crippen LogP contribution in [0.1, 0.15) is 11.1 Å². The van der Waals surface area contributed by atoms with Gasteiger partial charge >= 0.3 is 0 Å². The minimum absolute atomic E-state index is 0.599. The first-order valence-corrected chi connectivity index (χ1v) is 18.3. The Labute approximate surface area is 316 Å². The fraction of sp³-hybridized carbons (Fsp3) is 0. The Morgan fingerprint density at radius 2 is 0.782 bits per heavy atom. The lowest BCUT2D eigenvalue weighted by Crippen LogP contribution is -2.00. The first-order valence-electron chi connectivity index (χ1n) is 18.3.